The Kier molecular flexibility index (Phi) is 9.15. The maximum absolute atomic E-state index is 12.5. The van der Waals surface area contributed by atoms with Crippen LogP contribution in [0.1, 0.15) is 34.1 Å². The van der Waals surface area contributed by atoms with Gasteiger partial charge in [-0.2, -0.15) is 0 Å². The van der Waals surface area contributed by atoms with Gasteiger partial charge in [-0.3, -0.25) is 9.59 Å². The van der Waals surface area contributed by atoms with Crippen molar-refractivity contribution in [1.82, 2.24) is 10.6 Å². The van der Waals surface area contributed by atoms with E-state index in [1.54, 1.807) is 37.3 Å². The minimum Gasteiger partial charge on any atom is -0.496 e. The van der Waals surface area contributed by atoms with Crippen LogP contribution in [0.5, 0.6) is 17.2 Å². The highest BCUT2D eigenvalue weighted by Crippen LogP contribution is 2.27. The molecule has 0 aliphatic carbocycles. The van der Waals surface area contributed by atoms with Crippen LogP contribution < -0.4 is 24.8 Å². The summed E-state index contributed by atoms with van der Waals surface area (Å²) in [5.41, 5.74) is 0.737. The molecule has 0 atom stereocenters. The second-order valence-electron chi connectivity index (χ2n) is 6.21. The van der Waals surface area contributed by atoms with Crippen LogP contribution in [0, 0.1) is 0 Å². The Labute approximate surface area is 180 Å². The normalized spacial score (nSPS) is 10.0. The molecule has 9 nitrogen and oxygen atoms in total. The van der Waals surface area contributed by atoms with Gasteiger partial charge in [0, 0.05) is 18.7 Å². The van der Waals surface area contributed by atoms with E-state index in [4.69, 9.17) is 14.2 Å². The molecule has 2 amide bonds. The first kappa shape index (κ1) is 23.5. The fourth-order valence-corrected chi connectivity index (χ4v) is 2.68. The van der Waals surface area contributed by atoms with E-state index in [1.165, 1.54) is 26.4 Å². The molecule has 0 heterocycles. The summed E-state index contributed by atoms with van der Waals surface area (Å²) in [6.45, 7) is 2.61. The molecular weight excluding hydrogens is 404 g/mol. The molecule has 2 aromatic carbocycles. The first-order chi connectivity index (χ1) is 15.0. The predicted octanol–water partition coefficient (Wildman–Crippen LogP) is 2.79. The number of methoxy groups -OCH3 is 2. The van der Waals surface area contributed by atoms with Crippen LogP contribution in [0.4, 0.5) is 4.79 Å². The lowest BCUT2D eigenvalue weighted by atomic mass is 10.1. The summed E-state index contributed by atoms with van der Waals surface area (Å²) in [5, 5.41) is 5.55. The van der Waals surface area contributed by atoms with Gasteiger partial charge < -0.3 is 29.6 Å². The number of carbonyl (C=O) groups is 3. The van der Waals surface area contributed by atoms with E-state index in [-0.39, 0.29) is 24.2 Å². The molecule has 2 aromatic rings. The average molecular weight is 430 g/mol. The van der Waals surface area contributed by atoms with E-state index in [0.717, 1.165) is 0 Å². The zero-order valence-corrected chi connectivity index (χ0v) is 17.7. The van der Waals surface area contributed by atoms with Gasteiger partial charge in [-0.25, -0.2) is 4.79 Å². The van der Waals surface area contributed by atoms with Crippen LogP contribution in [0.25, 0.3) is 0 Å². The molecule has 0 fully saturated rings. The number of hydrogen-bond donors (Lipinski definition) is 2. The molecule has 2 N–H and O–H groups in total. The number of hydrogen-bond acceptors (Lipinski definition) is 7. The highest BCUT2D eigenvalue weighted by molar-refractivity contribution is 5.99. The molecular formula is C22H26N2O7. The number of nitrogens with one attached hydrogen (secondary N) is 2. The monoisotopic (exact) mass is 430 g/mol. The molecule has 0 saturated carbocycles. The summed E-state index contributed by atoms with van der Waals surface area (Å²) in [4.78, 5) is 35.9. The van der Waals surface area contributed by atoms with Gasteiger partial charge >= 0.3 is 6.16 Å². The standard InChI is InChI=1S/C22H26N2O7/c1-4-30-22(27)31-16-11-9-15(10-12-16)20(25)23-13-6-14-24-21(26)19-17(28-2)7-5-8-18(19)29-3/h5,7-12H,4,6,13-14H2,1-3H3,(H,23,25)(H,24,26). The van der Waals surface area contributed by atoms with Gasteiger partial charge in [-0.05, 0) is 49.7 Å². The van der Waals surface area contributed by atoms with E-state index < -0.39 is 6.16 Å². The second kappa shape index (κ2) is 12.1. The Morgan fingerprint density at radius 2 is 1.42 bits per heavy atom. The summed E-state index contributed by atoms with van der Waals surface area (Å²) in [5.74, 6) is 0.517. The third kappa shape index (κ3) is 6.91. The Morgan fingerprint density at radius 3 is 1.97 bits per heavy atom. The van der Waals surface area contributed by atoms with Gasteiger partial charge in [-0.1, -0.05) is 6.07 Å². The maximum Gasteiger partial charge on any atom is 0.513 e. The maximum atomic E-state index is 12.5. The van der Waals surface area contributed by atoms with E-state index in [2.05, 4.69) is 15.4 Å². The zero-order valence-electron chi connectivity index (χ0n) is 17.7. The first-order valence-electron chi connectivity index (χ1n) is 9.72. The van der Waals surface area contributed by atoms with Crippen molar-refractivity contribution in [2.45, 2.75) is 13.3 Å². The molecule has 0 unspecified atom stereocenters. The van der Waals surface area contributed by atoms with Crippen LogP contribution in [0.15, 0.2) is 42.5 Å². The van der Waals surface area contributed by atoms with E-state index in [9.17, 15) is 14.4 Å². The molecule has 0 spiro atoms. The predicted molar refractivity (Wildman–Crippen MR) is 113 cm³/mol. The molecule has 0 aliphatic heterocycles. The van der Waals surface area contributed by atoms with Crippen molar-refractivity contribution in [1.29, 1.82) is 0 Å². The van der Waals surface area contributed by atoms with Gasteiger partial charge in [0.25, 0.3) is 11.8 Å². The molecule has 31 heavy (non-hydrogen) atoms. The summed E-state index contributed by atoms with van der Waals surface area (Å²) in [6, 6.07) is 11.2. The number of ether oxygens (including phenoxy) is 4. The fourth-order valence-electron chi connectivity index (χ4n) is 2.68. The summed E-state index contributed by atoms with van der Waals surface area (Å²) in [6.07, 6.45) is -0.272. The number of carbonyl (C=O) groups excluding carboxylic acids is 3. The second-order valence-corrected chi connectivity index (χ2v) is 6.21. The van der Waals surface area contributed by atoms with Crippen molar-refractivity contribution < 1.29 is 33.3 Å². The lowest BCUT2D eigenvalue weighted by Crippen LogP contribution is -2.30. The smallest absolute Gasteiger partial charge is 0.496 e. The third-order valence-corrected chi connectivity index (χ3v) is 4.16. The van der Waals surface area contributed by atoms with Crippen molar-refractivity contribution >= 4 is 18.0 Å². The molecule has 2 rings (SSSR count). The van der Waals surface area contributed by atoms with Gasteiger partial charge in [-0.15, -0.1) is 0 Å². The van der Waals surface area contributed by atoms with Gasteiger partial charge in [0.1, 0.15) is 22.8 Å². The van der Waals surface area contributed by atoms with E-state index in [1.807, 2.05) is 0 Å². The molecule has 0 bridgehead atoms. The van der Waals surface area contributed by atoms with Crippen LogP contribution in [-0.4, -0.2) is 51.9 Å². The van der Waals surface area contributed by atoms with Crippen molar-refractivity contribution in [3.63, 3.8) is 0 Å². The Morgan fingerprint density at radius 1 is 0.839 bits per heavy atom. The molecule has 0 saturated heterocycles. The van der Waals surface area contributed by atoms with Crippen LogP contribution >= 0.6 is 0 Å². The van der Waals surface area contributed by atoms with Crippen molar-refractivity contribution in [2.24, 2.45) is 0 Å². The number of amides is 2. The zero-order chi connectivity index (χ0) is 22.6. The van der Waals surface area contributed by atoms with Gasteiger partial charge in [0.05, 0.1) is 20.8 Å². The van der Waals surface area contributed by atoms with Crippen molar-refractivity contribution in [2.75, 3.05) is 33.9 Å². The SMILES string of the molecule is CCOC(=O)Oc1ccc(C(=O)NCCCNC(=O)c2c(OC)cccc2OC)cc1. The molecule has 0 aliphatic rings. The van der Waals surface area contributed by atoms with Gasteiger partial charge in [0.2, 0.25) is 0 Å². The molecule has 9 heteroatoms. The summed E-state index contributed by atoms with van der Waals surface area (Å²) >= 11 is 0. The molecule has 166 valence electrons. The van der Waals surface area contributed by atoms with Crippen molar-refractivity contribution in [3.8, 4) is 17.2 Å². The van der Waals surface area contributed by atoms with Gasteiger partial charge in [0.15, 0.2) is 0 Å². The quantitative estimate of drug-likeness (QED) is 0.339. The lowest BCUT2D eigenvalue weighted by Gasteiger charge is -2.13. The van der Waals surface area contributed by atoms with Crippen LogP contribution in [-0.2, 0) is 4.74 Å². The first-order valence-corrected chi connectivity index (χ1v) is 9.72. The topological polar surface area (TPSA) is 112 Å². The summed E-state index contributed by atoms with van der Waals surface area (Å²) < 4.78 is 20.1. The van der Waals surface area contributed by atoms with E-state index in [0.29, 0.717) is 42.1 Å². The van der Waals surface area contributed by atoms with Crippen LogP contribution in [0.3, 0.4) is 0 Å². The molecule has 0 aromatic heterocycles. The fraction of sp³-hybridized carbons (Fsp3) is 0.318. The van der Waals surface area contributed by atoms with Crippen LogP contribution in [0.2, 0.25) is 0 Å². The summed E-state index contributed by atoms with van der Waals surface area (Å²) in [7, 11) is 2.97. The Hall–Kier alpha value is -3.75. The molecule has 0 radical (unpaired) electrons. The number of rotatable bonds is 10. The third-order valence-electron chi connectivity index (χ3n) is 4.16. The minimum atomic E-state index is -0.799. The lowest BCUT2D eigenvalue weighted by molar-refractivity contribution is 0.0945. The minimum absolute atomic E-state index is 0.214. The largest absolute Gasteiger partial charge is 0.513 e. The highest BCUT2D eigenvalue weighted by Gasteiger charge is 2.17. The van der Waals surface area contributed by atoms with E-state index >= 15 is 0 Å². The number of benzene rings is 2. The Bertz CT molecular complexity index is 875. The highest BCUT2D eigenvalue weighted by atomic mass is 16.7. The Balaban J connectivity index is 1.77. The average Bonchev–Trinajstić information content (AvgIpc) is 2.78. The van der Waals surface area contributed by atoms with Crippen molar-refractivity contribution in [3.05, 3.63) is 53.6 Å².